The average molecular weight is 707 g/mol. The van der Waals surface area contributed by atoms with Crippen molar-refractivity contribution in [3.05, 3.63) is 146 Å². The van der Waals surface area contributed by atoms with Gasteiger partial charge in [0.05, 0.1) is 13.2 Å². The normalized spacial score (nSPS) is 11.8. The van der Waals surface area contributed by atoms with Gasteiger partial charge in [0.15, 0.2) is 0 Å². The third-order valence-electron chi connectivity index (χ3n) is 10.3. The highest BCUT2D eigenvalue weighted by atomic mass is 16.5. The highest BCUT2D eigenvalue weighted by Gasteiger charge is 2.21. The van der Waals surface area contributed by atoms with Crippen LogP contribution in [0, 0.1) is 0 Å². The largest absolute Gasteiger partial charge is 0.491 e. The monoisotopic (exact) mass is 706 g/mol. The van der Waals surface area contributed by atoms with E-state index >= 15 is 0 Å². The SMILES string of the molecule is OCCOc1ccc2cc(-c3cccc4c3oc3ccccc34)ccc2c1-c1c(OCCO)ccc2cc(-c3cccc4c3oc3ccccc34)ccc12. The predicted octanol–water partition coefficient (Wildman–Crippen LogP) is 11.5. The zero-order valence-electron chi connectivity index (χ0n) is 29.2. The molecule has 0 saturated carbocycles. The Morgan fingerprint density at radius 1 is 0.407 bits per heavy atom. The van der Waals surface area contributed by atoms with Crippen LogP contribution >= 0.6 is 0 Å². The molecule has 0 atom stereocenters. The molecule has 10 aromatic rings. The highest BCUT2D eigenvalue weighted by Crippen LogP contribution is 2.48. The van der Waals surface area contributed by atoms with Crippen LogP contribution in [0.4, 0.5) is 0 Å². The molecular formula is C48H34O6. The fourth-order valence-electron chi connectivity index (χ4n) is 7.97. The van der Waals surface area contributed by atoms with Crippen LogP contribution in [0.1, 0.15) is 0 Å². The Bertz CT molecular complexity index is 2830. The molecule has 262 valence electrons. The molecule has 0 unspecified atom stereocenters. The van der Waals surface area contributed by atoms with Crippen LogP contribution in [0.3, 0.4) is 0 Å². The Morgan fingerprint density at radius 2 is 0.852 bits per heavy atom. The van der Waals surface area contributed by atoms with E-state index < -0.39 is 0 Å². The smallest absolute Gasteiger partial charge is 0.143 e. The number of hydrogen-bond donors (Lipinski definition) is 2. The van der Waals surface area contributed by atoms with Crippen molar-refractivity contribution in [3.8, 4) is 44.9 Å². The molecule has 0 saturated heterocycles. The standard InChI is InChI=1S/C48H34O6/c49-23-25-51-43-21-17-29-27-31(35-9-5-11-39-37-7-1-3-13-41(37)53-47(35)39)15-19-33(29)45(43)46-34-20-16-32(28-30(34)18-22-44(46)52-26-24-50)36-10-6-12-40-38-8-2-4-14-42(38)54-48(36)40/h1-22,27-28,49-50H,23-26H2. The van der Waals surface area contributed by atoms with Crippen molar-refractivity contribution >= 4 is 65.4 Å². The summed E-state index contributed by atoms with van der Waals surface area (Å²) in [7, 11) is 0. The van der Waals surface area contributed by atoms with Crippen molar-refractivity contribution < 1.29 is 28.5 Å². The number of para-hydroxylation sites is 4. The van der Waals surface area contributed by atoms with E-state index in [4.69, 9.17) is 18.3 Å². The predicted molar refractivity (Wildman–Crippen MR) is 217 cm³/mol. The van der Waals surface area contributed by atoms with E-state index in [1.54, 1.807) is 0 Å². The van der Waals surface area contributed by atoms with Crippen molar-refractivity contribution in [2.45, 2.75) is 0 Å². The van der Waals surface area contributed by atoms with Crippen LogP contribution in [0.25, 0.3) is 98.8 Å². The molecule has 0 aliphatic heterocycles. The van der Waals surface area contributed by atoms with Crippen LogP contribution in [0.5, 0.6) is 11.5 Å². The van der Waals surface area contributed by atoms with Crippen LogP contribution in [-0.2, 0) is 0 Å². The Labute approximate surface area is 310 Å². The molecule has 0 spiro atoms. The maximum absolute atomic E-state index is 9.81. The van der Waals surface area contributed by atoms with E-state index in [-0.39, 0.29) is 26.4 Å². The fraction of sp³-hybridized carbons (Fsp3) is 0.0833. The minimum atomic E-state index is -0.127. The van der Waals surface area contributed by atoms with Crippen LogP contribution in [0.15, 0.2) is 154 Å². The van der Waals surface area contributed by atoms with Crippen LogP contribution < -0.4 is 9.47 Å². The molecule has 2 heterocycles. The summed E-state index contributed by atoms with van der Waals surface area (Å²) in [6, 6.07) is 49.7. The Morgan fingerprint density at radius 3 is 1.31 bits per heavy atom. The lowest BCUT2D eigenvalue weighted by Crippen LogP contribution is -2.05. The molecule has 54 heavy (non-hydrogen) atoms. The summed E-state index contributed by atoms with van der Waals surface area (Å²) < 4.78 is 25.3. The van der Waals surface area contributed by atoms with Gasteiger partial charge in [0.25, 0.3) is 0 Å². The average Bonchev–Trinajstić information content (AvgIpc) is 3.80. The summed E-state index contributed by atoms with van der Waals surface area (Å²) in [5.74, 6) is 1.25. The number of rotatable bonds is 9. The summed E-state index contributed by atoms with van der Waals surface area (Å²) in [4.78, 5) is 0. The van der Waals surface area contributed by atoms with Gasteiger partial charge in [-0.15, -0.1) is 0 Å². The quantitative estimate of drug-likeness (QED) is 0.155. The van der Waals surface area contributed by atoms with Crippen molar-refractivity contribution in [1.29, 1.82) is 0 Å². The van der Waals surface area contributed by atoms with Gasteiger partial charge in [-0.3, -0.25) is 0 Å². The number of aliphatic hydroxyl groups excluding tert-OH is 2. The van der Waals surface area contributed by atoms with E-state index in [1.165, 1.54) is 0 Å². The van der Waals surface area contributed by atoms with E-state index in [0.717, 1.165) is 98.8 Å². The number of benzene rings is 8. The summed E-state index contributed by atoms with van der Waals surface area (Å²) in [5, 5.41) is 27.9. The third-order valence-corrected chi connectivity index (χ3v) is 10.3. The maximum atomic E-state index is 9.81. The Kier molecular flexibility index (Phi) is 7.79. The first-order valence-corrected chi connectivity index (χ1v) is 18.1. The van der Waals surface area contributed by atoms with E-state index in [2.05, 4.69) is 97.1 Å². The molecule has 10 rings (SSSR count). The van der Waals surface area contributed by atoms with Crippen molar-refractivity contribution in [2.24, 2.45) is 0 Å². The molecule has 0 aliphatic carbocycles. The van der Waals surface area contributed by atoms with Gasteiger partial charge < -0.3 is 28.5 Å². The minimum Gasteiger partial charge on any atom is -0.491 e. The molecule has 2 aromatic heterocycles. The maximum Gasteiger partial charge on any atom is 0.143 e. The molecule has 0 aliphatic rings. The number of fused-ring (bicyclic) bond motifs is 8. The van der Waals surface area contributed by atoms with Crippen LogP contribution in [0.2, 0.25) is 0 Å². The molecular weight excluding hydrogens is 673 g/mol. The van der Waals surface area contributed by atoms with E-state index in [9.17, 15) is 10.2 Å². The van der Waals surface area contributed by atoms with Crippen molar-refractivity contribution in [1.82, 2.24) is 0 Å². The van der Waals surface area contributed by atoms with Gasteiger partial charge in [0.1, 0.15) is 47.0 Å². The number of ether oxygens (including phenoxy) is 2. The second-order valence-electron chi connectivity index (χ2n) is 13.5. The lowest BCUT2D eigenvalue weighted by molar-refractivity contribution is 0.200. The van der Waals surface area contributed by atoms with Crippen molar-refractivity contribution in [3.63, 3.8) is 0 Å². The number of aliphatic hydroxyl groups is 2. The van der Waals surface area contributed by atoms with Gasteiger partial charge in [-0.05, 0) is 69.1 Å². The summed E-state index contributed by atoms with van der Waals surface area (Å²) in [5.41, 5.74) is 9.19. The highest BCUT2D eigenvalue weighted by molar-refractivity contribution is 6.14. The van der Waals surface area contributed by atoms with Gasteiger partial charge >= 0.3 is 0 Å². The second kappa shape index (κ2) is 13.1. The zero-order chi connectivity index (χ0) is 36.2. The molecule has 0 bridgehead atoms. The lowest BCUT2D eigenvalue weighted by atomic mass is 9.89. The molecule has 8 aromatic carbocycles. The molecule has 2 N–H and O–H groups in total. The van der Waals surface area contributed by atoms with Gasteiger partial charge in [-0.25, -0.2) is 0 Å². The van der Waals surface area contributed by atoms with E-state index in [0.29, 0.717) is 11.5 Å². The Hall–Kier alpha value is -6.60. The fourth-order valence-corrected chi connectivity index (χ4v) is 7.97. The number of hydrogen-bond acceptors (Lipinski definition) is 6. The summed E-state index contributed by atoms with van der Waals surface area (Å²) in [6.45, 7) is 0.0117. The van der Waals surface area contributed by atoms with Gasteiger partial charge in [-0.2, -0.15) is 0 Å². The molecule has 6 heteroatoms. The van der Waals surface area contributed by atoms with E-state index in [1.807, 2.05) is 48.5 Å². The zero-order valence-corrected chi connectivity index (χ0v) is 29.2. The third kappa shape index (κ3) is 5.18. The second-order valence-corrected chi connectivity index (χ2v) is 13.5. The van der Waals surface area contributed by atoms with Gasteiger partial charge in [0, 0.05) is 43.8 Å². The first-order chi connectivity index (χ1) is 26.7. The lowest BCUT2D eigenvalue weighted by Gasteiger charge is -2.20. The summed E-state index contributed by atoms with van der Waals surface area (Å²) in [6.07, 6.45) is 0. The van der Waals surface area contributed by atoms with Crippen molar-refractivity contribution in [2.75, 3.05) is 26.4 Å². The topological polar surface area (TPSA) is 85.2 Å². The van der Waals surface area contributed by atoms with Gasteiger partial charge in [-0.1, -0.05) is 109 Å². The molecule has 6 nitrogen and oxygen atoms in total. The number of furan rings is 2. The van der Waals surface area contributed by atoms with Crippen LogP contribution in [-0.4, -0.2) is 36.6 Å². The minimum absolute atomic E-state index is 0.127. The Balaban J connectivity index is 1.18. The first-order valence-electron chi connectivity index (χ1n) is 18.1. The van der Waals surface area contributed by atoms with Gasteiger partial charge in [0.2, 0.25) is 0 Å². The summed E-state index contributed by atoms with van der Waals surface area (Å²) >= 11 is 0. The molecule has 0 fully saturated rings. The first kappa shape index (κ1) is 32.1. The molecule has 0 amide bonds. The molecule has 0 radical (unpaired) electrons.